The maximum absolute atomic E-state index is 12.3. The Labute approximate surface area is 160 Å². The minimum atomic E-state index is -0.916. The van der Waals surface area contributed by atoms with Crippen LogP contribution in [0, 0.1) is 23.7 Å². The smallest absolute Gasteiger partial charge is 0.407 e. The molecule has 5 rings (SSSR count). The van der Waals surface area contributed by atoms with Gasteiger partial charge in [-0.05, 0) is 83.0 Å². The van der Waals surface area contributed by atoms with E-state index in [4.69, 9.17) is 4.74 Å². The summed E-state index contributed by atoms with van der Waals surface area (Å²) in [6.45, 7) is 5.90. The number of carboxylic acid groups (broad SMARTS) is 1. The van der Waals surface area contributed by atoms with Crippen LogP contribution in [0.25, 0.3) is 0 Å². The number of aliphatic hydroxyl groups is 1. The van der Waals surface area contributed by atoms with Crippen molar-refractivity contribution in [1.29, 1.82) is 0 Å². The van der Waals surface area contributed by atoms with Gasteiger partial charge in [-0.15, -0.1) is 0 Å². The number of carbonyl (C=O) groups excluding carboxylic acids is 1. The Morgan fingerprint density at radius 2 is 1.78 bits per heavy atom. The predicted octanol–water partition coefficient (Wildman–Crippen LogP) is 2.82. The summed E-state index contributed by atoms with van der Waals surface area (Å²) in [7, 11) is 0. The molecule has 5 fully saturated rings. The van der Waals surface area contributed by atoms with E-state index in [0.717, 1.165) is 32.1 Å². The quantitative estimate of drug-likeness (QED) is 0.684. The SMILES string of the molecule is CC(C)(C)OC(=O)NC1CCN(C(=O)O)[C@@H]1C1C2CC3CC1CC(O)(C3)C2. The molecule has 4 aliphatic carbocycles. The van der Waals surface area contributed by atoms with Gasteiger partial charge in [0.05, 0.1) is 17.7 Å². The second kappa shape index (κ2) is 6.26. The van der Waals surface area contributed by atoms with Crippen molar-refractivity contribution in [3.8, 4) is 0 Å². The Hall–Kier alpha value is -1.50. The van der Waals surface area contributed by atoms with Gasteiger partial charge in [0.1, 0.15) is 5.60 Å². The van der Waals surface area contributed by atoms with Crippen LogP contribution in [0.3, 0.4) is 0 Å². The molecule has 5 aliphatic rings. The average molecular weight is 380 g/mol. The summed E-state index contributed by atoms with van der Waals surface area (Å²) in [5, 5.41) is 23.6. The van der Waals surface area contributed by atoms with Crippen molar-refractivity contribution in [3.05, 3.63) is 0 Å². The van der Waals surface area contributed by atoms with Gasteiger partial charge in [0.2, 0.25) is 0 Å². The van der Waals surface area contributed by atoms with Gasteiger partial charge in [-0.3, -0.25) is 0 Å². The lowest BCUT2D eigenvalue weighted by Crippen LogP contribution is -2.62. The van der Waals surface area contributed by atoms with Crippen molar-refractivity contribution in [2.45, 2.75) is 82.6 Å². The van der Waals surface area contributed by atoms with E-state index in [9.17, 15) is 19.8 Å². The highest BCUT2D eigenvalue weighted by atomic mass is 16.6. The highest BCUT2D eigenvalue weighted by Crippen LogP contribution is 2.60. The molecule has 27 heavy (non-hydrogen) atoms. The first-order valence-electron chi connectivity index (χ1n) is 10.3. The Kier molecular flexibility index (Phi) is 4.37. The van der Waals surface area contributed by atoms with E-state index >= 15 is 0 Å². The molecule has 0 radical (unpaired) electrons. The molecule has 1 saturated heterocycles. The van der Waals surface area contributed by atoms with Crippen LogP contribution < -0.4 is 5.32 Å². The van der Waals surface area contributed by atoms with Gasteiger partial charge >= 0.3 is 12.2 Å². The molecule has 3 N–H and O–H groups in total. The predicted molar refractivity (Wildman–Crippen MR) is 98.3 cm³/mol. The zero-order valence-corrected chi connectivity index (χ0v) is 16.5. The van der Waals surface area contributed by atoms with Crippen LogP contribution in [0.15, 0.2) is 0 Å². The second-order valence-electron chi connectivity index (χ2n) is 10.3. The van der Waals surface area contributed by atoms with Crippen LogP contribution in [0.1, 0.15) is 59.3 Å². The minimum Gasteiger partial charge on any atom is -0.465 e. The van der Waals surface area contributed by atoms with Crippen LogP contribution in [-0.4, -0.2) is 57.1 Å². The molecule has 0 spiro atoms. The van der Waals surface area contributed by atoms with Crippen LogP contribution in [-0.2, 0) is 4.74 Å². The fourth-order valence-corrected chi connectivity index (χ4v) is 6.71. The van der Waals surface area contributed by atoms with Crippen molar-refractivity contribution in [2.75, 3.05) is 6.54 Å². The van der Waals surface area contributed by atoms with Crippen LogP contribution in [0.2, 0.25) is 0 Å². The number of rotatable bonds is 2. The van der Waals surface area contributed by atoms with E-state index in [1.165, 1.54) is 4.90 Å². The third-order valence-corrected chi connectivity index (χ3v) is 7.11. The minimum absolute atomic E-state index is 0.209. The van der Waals surface area contributed by atoms with E-state index < -0.39 is 23.4 Å². The van der Waals surface area contributed by atoms with Crippen molar-refractivity contribution in [3.63, 3.8) is 0 Å². The number of nitrogens with zero attached hydrogens (tertiary/aromatic N) is 1. The van der Waals surface area contributed by atoms with Crippen LogP contribution in [0.4, 0.5) is 9.59 Å². The molecule has 0 aromatic carbocycles. The van der Waals surface area contributed by atoms with Gasteiger partial charge in [0, 0.05) is 6.54 Å². The fourth-order valence-electron chi connectivity index (χ4n) is 6.71. The molecule has 4 atom stereocenters. The lowest BCUT2D eigenvalue weighted by Gasteiger charge is -2.60. The van der Waals surface area contributed by atoms with Gasteiger partial charge in [-0.1, -0.05) is 0 Å². The standard InChI is InChI=1S/C20H32N2O5/c1-19(2,3)27-17(23)21-14-4-5-22(18(24)25)16(14)15-12-6-11-7-13(15)10-20(26,8-11)9-12/h11-16,26H,4-10H2,1-3H3,(H,21,23)(H,24,25)/t11?,12?,13?,14?,15?,16-,20?/m0/s1. The summed E-state index contributed by atoms with van der Waals surface area (Å²) < 4.78 is 5.41. The first-order chi connectivity index (χ1) is 12.5. The molecule has 4 bridgehead atoms. The number of hydrogen-bond acceptors (Lipinski definition) is 4. The number of likely N-dealkylation sites (tertiary alicyclic amines) is 1. The summed E-state index contributed by atoms with van der Waals surface area (Å²) in [6, 6.07) is -0.457. The Morgan fingerprint density at radius 3 is 2.30 bits per heavy atom. The molecule has 1 heterocycles. The zero-order chi connectivity index (χ0) is 19.6. The lowest BCUT2D eigenvalue weighted by molar-refractivity contribution is -0.163. The van der Waals surface area contributed by atoms with Crippen LogP contribution >= 0.6 is 0 Å². The van der Waals surface area contributed by atoms with E-state index in [1.54, 1.807) is 0 Å². The third-order valence-electron chi connectivity index (χ3n) is 7.11. The third kappa shape index (κ3) is 3.50. The first kappa shape index (κ1) is 18.8. The Morgan fingerprint density at radius 1 is 1.15 bits per heavy atom. The van der Waals surface area contributed by atoms with Crippen LogP contribution in [0.5, 0.6) is 0 Å². The number of hydrogen-bond donors (Lipinski definition) is 3. The lowest BCUT2D eigenvalue weighted by atomic mass is 9.48. The summed E-state index contributed by atoms with van der Waals surface area (Å²) in [5.74, 6) is 1.46. The Balaban J connectivity index is 1.55. The number of nitrogens with one attached hydrogen (secondary N) is 1. The van der Waals surface area contributed by atoms with E-state index in [-0.39, 0.29) is 18.0 Å². The topological polar surface area (TPSA) is 99.1 Å². The monoisotopic (exact) mass is 380 g/mol. The first-order valence-corrected chi connectivity index (χ1v) is 10.3. The molecule has 3 unspecified atom stereocenters. The normalized spacial score (nSPS) is 43.0. The van der Waals surface area contributed by atoms with Gasteiger partial charge in [-0.25, -0.2) is 9.59 Å². The van der Waals surface area contributed by atoms with Gasteiger partial charge in [0.15, 0.2) is 0 Å². The molecule has 0 aromatic heterocycles. The maximum atomic E-state index is 12.3. The highest BCUT2D eigenvalue weighted by Gasteiger charge is 2.59. The maximum Gasteiger partial charge on any atom is 0.407 e. The van der Waals surface area contributed by atoms with E-state index in [2.05, 4.69) is 5.32 Å². The molecule has 7 nitrogen and oxygen atoms in total. The zero-order valence-electron chi connectivity index (χ0n) is 16.5. The van der Waals surface area contributed by atoms with Gasteiger partial charge in [-0.2, -0.15) is 0 Å². The second-order valence-corrected chi connectivity index (χ2v) is 10.3. The molecule has 152 valence electrons. The van der Waals surface area contributed by atoms with Gasteiger partial charge < -0.3 is 25.2 Å². The van der Waals surface area contributed by atoms with Gasteiger partial charge in [0.25, 0.3) is 0 Å². The molecule has 1 aliphatic heterocycles. The summed E-state index contributed by atoms with van der Waals surface area (Å²) >= 11 is 0. The number of alkyl carbamates (subject to hydrolysis) is 1. The number of carbonyl (C=O) groups is 2. The largest absolute Gasteiger partial charge is 0.465 e. The molecule has 0 aromatic rings. The number of amides is 2. The summed E-state index contributed by atoms with van der Waals surface area (Å²) in [5.41, 5.74) is -1.13. The fraction of sp³-hybridized carbons (Fsp3) is 0.900. The number of ether oxygens (including phenoxy) is 1. The molecular weight excluding hydrogens is 348 g/mol. The summed E-state index contributed by atoms with van der Waals surface area (Å²) in [4.78, 5) is 25.8. The summed E-state index contributed by atoms with van der Waals surface area (Å²) in [6.07, 6.45) is 3.81. The average Bonchev–Trinajstić information content (AvgIpc) is 2.86. The van der Waals surface area contributed by atoms with Crippen molar-refractivity contribution in [2.24, 2.45) is 23.7 Å². The Bertz CT molecular complexity index is 614. The highest BCUT2D eigenvalue weighted by molar-refractivity contribution is 5.69. The van der Waals surface area contributed by atoms with Crippen molar-refractivity contribution >= 4 is 12.2 Å². The molecule has 4 saturated carbocycles. The van der Waals surface area contributed by atoms with Crippen molar-refractivity contribution in [1.82, 2.24) is 10.2 Å². The van der Waals surface area contributed by atoms with E-state index in [0.29, 0.717) is 30.7 Å². The molecular formula is C20H32N2O5. The van der Waals surface area contributed by atoms with E-state index in [1.807, 2.05) is 20.8 Å². The van der Waals surface area contributed by atoms with Crippen molar-refractivity contribution < 1.29 is 24.5 Å². The molecule has 2 amide bonds. The molecule has 7 heteroatoms.